The number of esters is 1. The van der Waals surface area contributed by atoms with E-state index in [1.54, 1.807) is 44.2 Å². The van der Waals surface area contributed by atoms with Gasteiger partial charge in [0.05, 0.1) is 5.75 Å². The van der Waals surface area contributed by atoms with E-state index in [1.165, 1.54) is 19.2 Å². The molecule has 358 valence electrons. The van der Waals surface area contributed by atoms with Crippen molar-refractivity contribution < 1.29 is 61.7 Å². The van der Waals surface area contributed by atoms with E-state index in [0.29, 0.717) is 12.0 Å². The third kappa shape index (κ3) is 18.4. The number of aryl methyl sites for hydroxylation is 2. The number of likely N-dealkylation sites (N-methyl/N-ethyl adjacent to an activating group) is 1. The molecule has 0 radical (unpaired) electrons. The number of nitrogens with one attached hydrogen (secondary N) is 6. The van der Waals surface area contributed by atoms with E-state index in [4.69, 9.17) is 4.74 Å². The number of benzene rings is 2. The van der Waals surface area contributed by atoms with Crippen LogP contribution in [0.3, 0.4) is 0 Å². The molecule has 1 heterocycles. The summed E-state index contributed by atoms with van der Waals surface area (Å²) >= 11 is 0. The summed E-state index contributed by atoms with van der Waals surface area (Å²) in [5, 5.41) is 35.0. The van der Waals surface area contributed by atoms with Crippen LogP contribution in [-0.2, 0) is 61.0 Å². The number of aliphatic carboxylic acids is 1. The Balaban J connectivity index is 2.11. The standard InChI is InChI=1S/C44H63N7O13S/c1-6-27(2)37(43(59)60)50-44(61)49-32-14-10-11-24-45-38(54)35(26-64-28(3)52)48-41(57)36(22-18-30-15-19-31(53)20-16-30)51(4)42(58)34(21-17-29-12-8-7-9-13-29)47-40(56)33(46-39(32)55)23-25-65(5,62)63/h7-9,12-13,15-16,19-20,27,32-37,53H,6,10-11,14,17-18,21-26H2,1-5H3,(H,45,54)(H,46,55)(H,47,56)(H,48,57)(H,59,60)(H2,49,50,61)/t27-,32+,33-,34-,35-,36-,37-/m0/s1. The number of carbonyl (C=O) groups is 8. The molecule has 21 heteroatoms. The van der Waals surface area contributed by atoms with Crippen LogP contribution in [0.4, 0.5) is 4.79 Å². The van der Waals surface area contributed by atoms with Gasteiger partial charge in [0.25, 0.3) is 0 Å². The zero-order chi connectivity index (χ0) is 48.3. The van der Waals surface area contributed by atoms with E-state index in [2.05, 4.69) is 31.9 Å². The molecule has 0 unspecified atom stereocenters. The minimum atomic E-state index is -3.71. The molecule has 2 aromatic rings. The Hall–Kier alpha value is -6.25. The van der Waals surface area contributed by atoms with Gasteiger partial charge in [0.1, 0.15) is 58.4 Å². The second-order valence-corrected chi connectivity index (χ2v) is 18.5. The summed E-state index contributed by atoms with van der Waals surface area (Å²) < 4.78 is 29.9. The number of nitrogens with zero attached hydrogens (tertiary/aromatic N) is 1. The van der Waals surface area contributed by atoms with Crippen molar-refractivity contribution in [2.24, 2.45) is 5.92 Å². The van der Waals surface area contributed by atoms with Crippen molar-refractivity contribution in [2.45, 2.75) is 115 Å². The molecule has 1 aliphatic rings. The lowest BCUT2D eigenvalue weighted by molar-refractivity contribution is -0.146. The first-order valence-corrected chi connectivity index (χ1v) is 23.6. The number of phenols is 1. The highest BCUT2D eigenvalue weighted by Gasteiger charge is 2.36. The van der Waals surface area contributed by atoms with Crippen molar-refractivity contribution in [3.63, 3.8) is 0 Å². The molecule has 2 aromatic carbocycles. The first-order valence-electron chi connectivity index (χ1n) is 21.6. The Morgan fingerprint density at radius 1 is 0.831 bits per heavy atom. The zero-order valence-electron chi connectivity index (χ0n) is 37.5. The summed E-state index contributed by atoms with van der Waals surface area (Å²) in [6.07, 6.45) is 1.58. The molecule has 0 saturated carbocycles. The van der Waals surface area contributed by atoms with Crippen molar-refractivity contribution >= 4 is 57.3 Å². The normalized spacial score (nSPS) is 21.7. The van der Waals surface area contributed by atoms with Gasteiger partial charge >= 0.3 is 18.0 Å². The van der Waals surface area contributed by atoms with Gasteiger partial charge < -0.3 is 51.8 Å². The number of rotatable bonds is 16. The predicted molar refractivity (Wildman–Crippen MR) is 238 cm³/mol. The molecule has 7 amide bonds. The van der Waals surface area contributed by atoms with Gasteiger partial charge in [-0.25, -0.2) is 18.0 Å². The summed E-state index contributed by atoms with van der Waals surface area (Å²) in [6.45, 7) is 3.91. The van der Waals surface area contributed by atoms with Crippen molar-refractivity contribution in [3.8, 4) is 5.75 Å². The number of aromatic hydroxyl groups is 1. The van der Waals surface area contributed by atoms with E-state index in [1.807, 2.05) is 12.1 Å². The van der Waals surface area contributed by atoms with Crippen LogP contribution in [0.2, 0.25) is 0 Å². The lowest BCUT2D eigenvalue weighted by atomic mass is 9.99. The monoisotopic (exact) mass is 929 g/mol. The molecule has 0 aromatic heterocycles. The fourth-order valence-corrected chi connectivity index (χ4v) is 7.64. The second-order valence-electron chi connectivity index (χ2n) is 16.3. The molecule has 1 fully saturated rings. The molecule has 0 aliphatic carbocycles. The molecular weight excluding hydrogens is 867 g/mol. The number of hydrogen-bond acceptors (Lipinski definition) is 12. The number of phenolic OH excluding ortho intramolecular Hbond substituents is 1. The summed E-state index contributed by atoms with van der Waals surface area (Å²) in [5.74, 6) is -7.21. The maximum atomic E-state index is 14.7. The van der Waals surface area contributed by atoms with Gasteiger partial charge in [0.15, 0.2) is 0 Å². The number of carboxylic acid groups (broad SMARTS) is 1. The number of carbonyl (C=O) groups excluding carboxylic acids is 7. The molecule has 65 heavy (non-hydrogen) atoms. The zero-order valence-corrected chi connectivity index (χ0v) is 38.3. The average Bonchev–Trinajstić information content (AvgIpc) is 3.25. The van der Waals surface area contributed by atoms with Crippen molar-refractivity contribution in [3.05, 3.63) is 65.7 Å². The fourth-order valence-electron chi connectivity index (χ4n) is 6.98. The number of sulfone groups is 1. The van der Waals surface area contributed by atoms with Gasteiger partial charge in [-0.05, 0) is 80.5 Å². The molecule has 0 spiro atoms. The van der Waals surface area contributed by atoms with Gasteiger partial charge in [-0.3, -0.25) is 28.8 Å². The van der Waals surface area contributed by atoms with Crippen molar-refractivity contribution in [2.75, 3.05) is 32.2 Å². The van der Waals surface area contributed by atoms with Crippen LogP contribution in [0.5, 0.6) is 5.75 Å². The van der Waals surface area contributed by atoms with Gasteiger partial charge in [0, 0.05) is 26.8 Å². The topological polar surface area (TPSA) is 296 Å². The molecular formula is C44H63N7O13S. The van der Waals surface area contributed by atoms with Gasteiger partial charge in [-0.2, -0.15) is 0 Å². The quantitative estimate of drug-likeness (QED) is 0.108. The summed E-state index contributed by atoms with van der Waals surface area (Å²) in [4.78, 5) is 109. The summed E-state index contributed by atoms with van der Waals surface area (Å²) in [7, 11) is -2.37. The Kier molecular flexibility index (Phi) is 21.1. The smallest absolute Gasteiger partial charge is 0.326 e. The molecule has 0 bridgehead atoms. The lowest BCUT2D eigenvalue weighted by Gasteiger charge is -2.32. The van der Waals surface area contributed by atoms with E-state index < -0.39 is 118 Å². The Morgan fingerprint density at radius 2 is 1.45 bits per heavy atom. The van der Waals surface area contributed by atoms with E-state index in [0.717, 1.165) is 23.6 Å². The Bertz CT molecular complexity index is 2070. The van der Waals surface area contributed by atoms with Crippen LogP contribution < -0.4 is 31.9 Å². The van der Waals surface area contributed by atoms with E-state index >= 15 is 0 Å². The average molecular weight is 930 g/mol. The second kappa shape index (κ2) is 25.9. The van der Waals surface area contributed by atoms with Crippen LogP contribution in [-0.4, -0.2) is 139 Å². The molecule has 7 atom stereocenters. The maximum Gasteiger partial charge on any atom is 0.326 e. The van der Waals surface area contributed by atoms with E-state index in [9.17, 15) is 57.0 Å². The van der Waals surface area contributed by atoms with Crippen LogP contribution in [0.1, 0.15) is 76.8 Å². The van der Waals surface area contributed by atoms with Crippen LogP contribution in [0.25, 0.3) is 0 Å². The minimum Gasteiger partial charge on any atom is -0.508 e. The molecule has 3 rings (SSSR count). The van der Waals surface area contributed by atoms with Crippen LogP contribution in [0, 0.1) is 5.92 Å². The molecule has 20 nitrogen and oxygen atoms in total. The number of urea groups is 1. The Morgan fingerprint density at radius 3 is 2.06 bits per heavy atom. The fraction of sp³-hybridized carbons (Fsp3) is 0.545. The first kappa shape index (κ1) is 53.1. The van der Waals surface area contributed by atoms with E-state index in [-0.39, 0.29) is 57.2 Å². The highest BCUT2D eigenvalue weighted by Crippen LogP contribution is 2.17. The van der Waals surface area contributed by atoms with Crippen LogP contribution >= 0.6 is 0 Å². The number of ether oxygens (including phenoxy) is 1. The number of carboxylic acids is 1. The molecule has 8 N–H and O–H groups in total. The van der Waals surface area contributed by atoms with Gasteiger partial charge in [0.2, 0.25) is 29.5 Å². The maximum absolute atomic E-state index is 14.7. The SMILES string of the molecule is CC[C@H](C)[C@H](NC(=O)N[C@@H]1CCCCNC(=O)[C@H](COC(C)=O)NC(=O)[C@H](CCc2ccc(O)cc2)N(C)C(=O)[C@H](CCc2ccccc2)NC(=O)[C@H](CCS(C)(=O)=O)NC1=O)C(=O)O. The lowest BCUT2D eigenvalue weighted by Crippen LogP contribution is -2.60. The number of hydrogen-bond donors (Lipinski definition) is 8. The summed E-state index contributed by atoms with van der Waals surface area (Å²) in [6, 6.07) is 5.81. The molecule has 1 saturated heterocycles. The van der Waals surface area contributed by atoms with Crippen molar-refractivity contribution in [1.82, 2.24) is 36.8 Å². The number of amides is 7. The largest absolute Gasteiger partial charge is 0.508 e. The highest BCUT2D eigenvalue weighted by atomic mass is 32.2. The predicted octanol–water partition coefficient (Wildman–Crippen LogP) is 0.704. The highest BCUT2D eigenvalue weighted by molar-refractivity contribution is 7.90. The third-order valence-electron chi connectivity index (χ3n) is 11.0. The van der Waals surface area contributed by atoms with Gasteiger partial charge in [-0.15, -0.1) is 0 Å². The van der Waals surface area contributed by atoms with Crippen LogP contribution in [0.15, 0.2) is 54.6 Å². The van der Waals surface area contributed by atoms with Gasteiger partial charge in [-0.1, -0.05) is 62.7 Å². The minimum absolute atomic E-state index is 0.0105. The third-order valence-corrected chi connectivity index (χ3v) is 12.0. The first-order chi connectivity index (χ1) is 30.7. The summed E-state index contributed by atoms with van der Waals surface area (Å²) in [5.41, 5.74) is 1.49. The van der Waals surface area contributed by atoms with Crippen molar-refractivity contribution in [1.29, 1.82) is 0 Å². The molecule has 1 aliphatic heterocycles. The Labute approximate surface area is 379 Å².